The average molecular weight is 479 g/mol. The van der Waals surface area contributed by atoms with E-state index in [0.717, 1.165) is 15.3 Å². The van der Waals surface area contributed by atoms with E-state index in [1.54, 1.807) is 39.0 Å². The first kappa shape index (κ1) is 21.8. The predicted molar refractivity (Wildman–Crippen MR) is 124 cm³/mol. The normalized spacial score (nSPS) is 12.1. The van der Waals surface area contributed by atoms with Gasteiger partial charge in [0.05, 0.1) is 17.0 Å². The summed E-state index contributed by atoms with van der Waals surface area (Å²) in [6, 6.07) is 6.46. The Balaban J connectivity index is 1.66. The van der Waals surface area contributed by atoms with E-state index in [2.05, 4.69) is 10.3 Å². The summed E-state index contributed by atoms with van der Waals surface area (Å²) in [5.41, 5.74) is 1.26. The van der Waals surface area contributed by atoms with Gasteiger partial charge in [0.15, 0.2) is 4.96 Å². The molecule has 0 aliphatic carbocycles. The molecule has 31 heavy (non-hydrogen) atoms. The molecule has 11 heteroatoms. The van der Waals surface area contributed by atoms with Crippen molar-refractivity contribution < 1.29 is 17.9 Å². The molecule has 3 heterocycles. The molecule has 164 valence electrons. The molecular weight excluding hydrogens is 456 g/mol. The van der Waals surface area contributed by atoms with Crippen molar-refractivity contribution in [1.29, 1.82) is 0 Å². The summed E-state index contributed by atoms with van der Waals surface area (Å²) in [6.07, 6.45) is 1.92. The number of fused-ring (bicyclic) bond motifs is 3. The molecule has 4 rings (SSSR count). The van der Waals surface area contributed by atoms with Gasteiger partial charge in [-0.1, -0.05) is 13.8 Å². The predicted octanol–water partition coefficient (Wildman–Crippen LogP) is 4.29. The minimum Gasteiger partial charge on any atom is -0.492 e. The van der Waals surface area contributed by atoms with E-state index in [1.807, 2.05) is 16.0 Å². The first-order valence-corrected chi connectivity index (χ1v) is 13.0. The zero-order valence-electron chi connectivity index (χ0n) is 17.3. The van der Waals surface area contributed by atoms with Crippen molar-refractivity contribution in [2.75, 3.05) is 25.0 Å². The molecule has 0 unspecified atom stereocenters. The third-order valence-corrected chi connectivity index (χ3v) is 8.63. The number of carbonyl (C=O) groups excluding carboxylic acids is 1. The number of imidazole rings is 1. The second-order valence-electron chi connectivity index (χ2n) is 6.61. The van der Waals surface area contributed by atoms with Crippen molar-refractivity contribution in [1.82, 2.24) is 13.7 Å². The van der Waals surface area contributed by atoms with E-state index in [0.29, 0.717) is 30.3 Å². The molecular formula is C20H22N4O4S3. The fourth-order valence-electron chi connectivity index (χ4n) is 3.32. The standard InChI is InChI=1S/C20H22N4O4S3/c1-4-23(5-2)31(26,27)17-11-13(7-8-15(17)28-6-3)21-18(25)16-12-14-19(30-16)22-20-24(14)9-10-29-20/h7-12H,4-6H2,1-3H3,(H,21,25). The highest BCUT2D eigenvalue weighted by Crippen LogP contribution is 2.32. The van der Waals surface area contributed by atoms with E-state index < -0.39 is 10.0 Å². The number of benzene rings is 1. The van der Waals surface area contributed by atoms with Gasteiger partial charge >= 0.3 is 0 Å². The third-order valence-electron chi connectivity index (χ3n) is 4.79. The molecule has 0 aliphatic heterocycles. The number of sulfonamides is 1. The van der Waals surface area contributed by atoms with Crippen LogP contribution in [0.2, 0.25) is 0 Å². The van der Waals surface area contributed by atoms with Crippen LogP contribution in [-0.4, -0.2) is 47.7 Å². The fraction of sp³-hybridized carbons (Fsp3) is 0.300. The van der Waals surface area contributed by atoms with Crippen LogP contribution < -0.4 is 10.1 Å². The van der Waals surface area contributed by atoms with Gasteiger partial charge in [-0.15, -0.1) is 22.7 Å². The van der Waals surface area contributed by atoms with Crippen LogP contribution in [0.1, 0.15) is 30.4 Å². The molecule has 0 aliphatic rings. The molecule has 0 bridgehead atoms. The second kappa shape index (κ2) is 8.58. The summed E-state index contributed by atoms with van der Waals surface area (Å²) in [7, 11) is -3.76. The van der Waals surface area contributed by atoms with Crippen molar-refractivity contribution in [3.63, 3.8) is 0 Å². The zero-order valence-corrected chi connectivity index (χ0v) is 19.7. The van der Waals surface area contributed by atoms with E-state index >= 15 is 0 Å². The molecule has 0 fully saturated rings. The lowest BCUT2D eigenvalue weighted by Gasteiger charge is -2.21. The van der Waals surface area contributed by atoms with Crippen LogP contribution in [0, 0.1) is 0 Å². The van der Waals surface area contributed by atoms with Gasteiger partial charge in [0.1, 0.15) is 15.5 Å². The quantitative estimate of drug-likeness (QED) is 0.408. The van der Waals surface area contributed by atoms with Crippen molar-refractivity contribution in [2.24, 2.45) is 0 Å². The van der Waals surface area contributed by atoms with Gasteiger partial charge in [0, 0.05) is 30.4 Å². The number of aromatic nitrogens is 2. The SMILES string of the molecule is CCOc1ccc(NC(=O)c2cc3c(nc4sccn43)s2)cc1S(=O)(=O)N(CC)CC. The molecule has 1 N–H and O–H groups in total. The van der Waals surface area contributed by atoms with Crippen molar-refractivity contribution in [2.45, 2.75) is 25.7 Å². The summed E-state index contributed by atoms with van der Waals surface area (Å²) >= 11 is 2.83. The first-order valence-electron chi connectivity index (χ1n) is 9.82. The topological polar surface area (TPSA) is 93.0 Å². The number of ether oxygens (including phenoxy) is 1. The van der Waals surface area contributed by atoms with Crippen LogP contribution in [0.4, 0.5) is 5.69 Å². The number of rotatable bonds is 8. The Morgan fingerprint density at radius 3 is 2.71 bits per heavy atom. The van der Waals surface area contributed by atoms with Crippen LogP contribution in [-0.2, 0) is 10.0 Å². The van der Waals surface area contributed by atoms with Crippen LogP contribution >= 0.6 is 22.7 Å². The van der Waals surface area contributed by atoms with Gasteiger partial charge in [-0.25, -0.2) is 13.4 Å². The molecule has 0 saturated carbocycles. The van der Waals surface area contributed by atoms with E-state index in [9.17, 15) is 13.2 Å². The summed E-state index contributed by atoms with van der Waals surface area (Å²) in [4.78, 5) is 19.6. The number of carbonyl (C=O) groups is 1. The Kier molecular flexibility index (Phi) is 6.02. The van der Waals surface area contributed by atoms with Crippen LogP contribution in [0.15, 0.2) is 40.7 Å². The molecule has 1 amide bonds. The van der Waals surface area contributed by atoms with Crippen molar-refractivity contribution in [3.8, 4) is 5.75 Å². The zero-order chi connectivity index (χ0) is 22.2. The largest absolute Gasteiger partial charge is 0.492 e. The van der Waals surface area contributed by atoms with Gasteiger partial charge in [0.25, 0.3) is 5.91 Å². The van der Waals surface area contributed by atoms with E-state index in [1.165, 1.54) is 33.0 Å². The van der Waals surface area contributed by atoms with Gasteiger partial charge in [0.2, 0.25) is 10.0 Å². The van der Waals surface area contributed by atoms with E-state index in [4.69, 9.17) is 4.74 Å². The molecule has 0 atom stereocenters. The van der Waals surface area contributed by atoms with Crippen LogP contribution in [0.25, 0.3) is 15.3 Å². The Hall–Kier alpha value is -2.47. The number of hydrogen-bond donors (Lipinski definition) is 1. The number of nitrogens with one attached hydrogen (secondary N) is 1. The Labute approximate surface area is 188 Å². The molecule has 0 spiro atoms. The maximum atomic E-state index is 13.1. The first-order chi connectivity index (χ1) is 14.9. The molecule has 3 aromatic heterocycles. The summed E-state index contributed by atoms with van der Waals surface area (Å²) < 4.78 is 35.1. The molecule has 0 radical (unpaired) electrons. The average Bonchev–Trinajstić information content (AvgIpc) is 3.42. The summed E-state index contributed by atoms with van der Waals surface area (Å²) in [5.74, 6) is -0.0509. The lowest BCUT2D eigenvalue weighted by atomic mass is 10.3. The van der Waals surface area contributed by atoms with Gasteiger partial charge in [-0.2, -0.15) is 4.31 Å². The maximum Gasteiger partial charge on any atom is 0.265 e. The van der Waals surface area contributed by atoms with Gasteiger partial charge < -0.3 is 10.1 Å². The minimum absolute atomic E-state index is 0.0398. The van der Waals surface area contributed by atoms with Crippen LogP contribution in [0.3, 0.4) is 0 Å². The lowest BCUT2D eigenvalue weighted by molar-refractivity contribution is 0.103. The van der Waals surface area contributed by atoms with Crippen molar-refractivity contribution in [3.05, 3.63) is 40.7 Å². The Bertz CT molecular complexity index is 1350. The number of anilines is 1. The van der Waals surface area contributed by atoms with Gasteiger partial charge in [-0.3, -0.25) is 9.20 Å². The summed E-state index contributed by atoms with van der Waals surface area (Å²) in [5, 5.41) is 4.75. The number of thiazole rings is 1. The smallest absolute Gasteiger partial charge is 0.265 e. The lowest BCUT2D eigenvalue weighted by Crippen LogP contribution is -2.31. The highest BCUT2D eigenvalue weighted by molar-refractivity contribution is 7.89. The highest BCUT2D eigenvalue weighted by atomic mass is 32.2. The highest BCUT2D eigenvalue weighted by Gasteiger charge is 2.26. The molecule has 0 saturated heterocycles. The number of thiophene rings is 1. The van der Waals surface area contributed by atoms with Crippen LogP contribution in [0.5, 0.6) is 5.75 Å². The number of hydrogen-bond acceptors (Lipinski definition) is 7. The molecule has 4 aromatic rings. The van der Waals surface area contributed by atoms with E-state index in [-0.39, 0.29) is 16.6 Å². The third kappa shape index (κ3) is 3.93. The second-order valence-corrected chi connectivity index (χ2v) is 10.4. The number of amides is 1. The molecule has 8 nitrogen and oxygen atoms in total. The minimum atomic E-state index is -3.76. The van der Waals surface area contributed by atoms with Crippen molar-refractivity contribution >= 4 is 59.6 Å². The maximum absolute atomic E-state index is 13.1. The Morgan fingerprint density at radius 2 is 2.00 bits per heavy atom. The number of nitrogens with zero attached hydrogens (tertiary/aromatic N) is 3. The van der Waals surface area contributed by atoms with Gasteiger partial charge in [-0.05, 0) is 31.2 Å². The summed E-state index contributed by atoms with van der Waals surface area (Å²) in [6.45, 7) is 6.37. The fourth-order valence-corrected chi connectivity index (χ4v) is 6.63. The Morgan fingerprint density at radius 1 is 1.23 bits per heavy atom. The monoisotopic (exact) mass is 478 g/mol. The molecule has 1 aromatic carbocycles.